The van der Waals surface area contributed by atoms with Gasteiger partial charge in [0.15, 0.2) is 5.60 Å². The summed E-state index contributed by atoms with van der Waals surface area (Å²) in [5.41, 5.74) is -1.32. The molecule has 0 amide bonds. The van der Waals surface area contributed by atoms with Crippen LogP contribution in [0.4, 0.5) is 0 Å². The van der Waals surface area contributed by atoms with E-state index in [1.807, 2.05) is 12.2 Å². The molecule has 0 aromatic rings. The summed E-state index contributed by atoms with van der Waals surface area (Å²) >= 11 is 2.28. The Morgan fingerprint density at radius 3 is 2.64 bits per heavy atom. The molecule has 4 aliphatic rings. The van der Waals surface area contributed by atoms with Crippen molar-refractivity contribution in [1.29, 1.82) is 0 Å². The second-order valence-electron chi connectivity index (χ2n) is 7.87. The highest BCUT2D eigenvalue weighted by atomic mass is 127. The maximum absolute atomic E-state index is 12.6. The predicted molar refractivity (Wildman–Crippen MR) is 93.4 cm³/mol. The second kappa shape index (κ2) is 4.68. The van der Waals surface area contributed by atoms with Gasteiger partial charge in [-0.25, -0.2) is 0 Å². The molecule has 22 heavy (non-hydrogen) atoms. The van der Waals surface area contributed by atoms with E-state index in [1.165, 1.54) is 0 Å². The number of ketones is 1. The van der Waals surface area contributed by atoms with Crippen LogP contribution < -0.4 is 0 Å². The normalized spacial score (nSPS) is 45.6. The molecule has 1 saturated heterocycles. The van der Waals surface area contributed by atoms with Gasteiger partial charge in [-0.05, 0) is 53.2 Å². The number of Topliss-reactive ketones (excluding diaryl/α,β-unsaturated/α-hetero) is 1. The lowest BCUT2D eigenvalue weighted by Gasteiger charge is -2.64. The zero-order valence-electron chi connectivity index (χ0n) is 13.6. The van der Waals surface area contributed by atoms with Gasteiger partial charge in [-0.3, -0.25) is 9.59 Å². The van der Waals surface area contributed by atoms with Crippen LogP contribution in [0.3, 0.4) is 0 Å². The van der Waals surface area contributed by atoms with Gasteiger partial charge in [0.05, 0.1) is 11.8 Å². The summed E-state index contributed by atoms with van der Waals surface area (Å²) in [6.45, 7) is 11.9. The summed E-state index contributed by atoms with van der Waals surface area (Å²) in [4.78, 5) is 25.1. The molecule has 4 rings (SSSR count). The summed E-state index contributed by atoms with van der Waals surface area (Å²) in [7, 11) is 0. The Morgan fingerprint density at radius 2 is 2.09 bits per heavy atom. The fourth-order valence-corrected chi connectivity index (χ4v) is 6.37. The number of hydrogen-bond acceptors (Lipinski definition) is 3. The number of halogens is 1. The molecular weight excluding hydrogens is 391 g/mol. The fourth-order valence-electron chi connectivity index (χ4n) is 5.21. The number of ether oxygens (including phenoxy) is 1. The maximum Gasteiger partial charge on any atom is 0.314 e. The predicted octanol–water partition coefficient (Wildman–Crippen LogP) is 4.06. The lowest BCUT2D eigenvalue weighted by Crippen LogP contribution is -2.69. The van der Waals surface area contributed by atoms with Crippen molar-refractivity contribution in [2.24, 2.45) is 28.6 Å². The van der Waals surface area contributed by atoms with Crippen molar-refractivity contribution in [3.63, 3.8) is 0 Å². The monoisotopic (exact) mass is 414 g/mol. The number of esters is 1. The van der Waals surface area contributed by atoms with E-state index in [0.717, 1.165) is 16.4 Å². The van der Waals surface area contributed by atoms with Gasteiger partial charge in [0.1, 0.15) is 5.78 Å². The number of fused-ring (bicyclic) bond motifs is 1. The zero-order chi connectivity index (χ0) is 16.5. The molecule has 0 radical (unpaired) electrons. The summed E-state index contributed by atoms with van der Waals surface area (Å²) in [5.74, 6) is -0.475. The molecule has 3 nitrogen and oxygen atoms in total. The molecule has 2 bridgehead atoms. The van der Waals surface area contributed by atoms with Crippen molar-refractivity contribution < 1.29 is 14.3 Å². The van der Waals surface area contributed by atoms with Crippen LogP contribution >= 0.6 is 22.6 Å². The standard InChI is InChI=1S/C18H23IO3/c1-6-17(5)8-7-12-16(3,4)11-9-13(19)18(12,22-15(11)21)14(17)10(2)20/h6,9,11-12,14H,1,7-8H2,2-5H3/t11-,12+,14+,17?,18+/m1/s1. The third-order valence-corrected chi connectivity index (χ3v) is 7.56. The van der Waals surface area contributed by atoms with Crippen LogP contribution in [-0.2, 0) is 14.3 Å². The number of rotatable bonds is 2. The van der Waals surface area contributed by atoms with Crippen molar-refractivity contribution in [3.05, 3.63) is 22.3 Å². The highest BCUT2D eigenvalue weighted by Gasteiger charge is 2.70. The molecule has 1 saturated carbocycles. The van der Waals surface area contributed by atoms with Gasteiger partial charge in [-0.1, -0.05) is 32.9 Å². The van der Waals surface area contributed by atoms with E-state index < -0.39 is 5.60 Å². The van der Waals surface area contributed by atoms with Crippen molar-refractivity contribution >= 4 is 34.3 Å². The Hall–Kier alpha value is -0.650. The minimum Gasteiger partial charge on any atom is -0.452 e. The molecule has 2 heterocycles. The Bertz CT molecular complexity index is 605. The average Bonchev–Trinajstić information content (AvgIpc) is 2.40. The molecule has 5 atom stereocenters. The Labute approximate surface area is 145 Å². The van der Waals surface area contributed by atoms with E-state index in [-0.39, 0.29) is 40.3 Å². The Kier molecular flexibility index (Phi) is 3.45. The summed E-state index contributed by atoms with van der Waals surface area (Å²) in [5, 5.41) is 0. The van der Waals surface area contributed by atoms with Crippen molar-refractivity contribution in [1.82, 2.24) is 0 Å². The second-order valence-corrected chi connectivity index (χ2v) is 9.03. The number of hydrogen-bond donors (Lipinski definition) is 0. The first-order valence-corrected chi connectivity index (χ1v) is 8.94. The molecular formula is C18H23IO3. The van der Waals surface area contributed by atoms with Crippen molar-refractivity contribution in [2.45, 2.75) is 46.1 Å². The number of carbonyl (C=O) groups is 2. The number of carbonyl (C=O) groups excluding carboxylic acids is 2. The molecule has 1 unspecified atom stereocenters. The maximum atomic E-state index is 12.6. The first-order valence-electron chi connectivity index (χ1n) is 7.86. The van der Waals surface area contributed by atoms with Gasteiger partial charge in [-0.2, -0.15) is 0 Å². The van der Waals surface area contributed by atoms with E-state index in [1.54, 1.807) is 6.92 Å². The molecule has 2 fully saturated rings. The van der Waals surface area contributed by atoms with Crippen LogP contribution in [0.2, 0.25) is 0 Å². The Balaban J connectivity index is 2.28. The first-order chi connectivity index (χ1) is 10.1. The summed E-state index contributed by atoms with van der Waals surface area (Å²) in [6, 6.07) is 0. The van der Waals surface area contributed by atoms with Crippen LogP contribution in [0.1, 0.15) is 40.5 Å². The third kappa shape index (κ3) is 1.73. The van der Waals surface area contributed by atoms with Crippen LogP contribution in [0.5, 0.6) is 0 Å². The lowest BCUT2D eigenvalue weighted by atomic mass is 9.45. The highest BCUT2D eigenvalue weighted by Crippen LogP contribution is 2.67. The lowest BCUT2D eigenvalue weighted by molar-refractivity contribution is -0.226. The van der Waals surface area contributed by atoms with Crippen LogP contribution in [0.15, 0.2) is 22.3 Å². The molecule has 4 heteroatoms. The van der Waals surface area contributed by atoms with Crippen LogP contribution in [0, 0.1) is 28.6 Å². The average molecular weight is 414 g/mol. The minimum atomic E-state index is -0.803. The van der Waals surface area contributed by atoms with E-state index in [0.29, 0.717) is 0 Å². The topological polar surface area (TPSA) is 43.4 Å². The van der Waals surface area contributed by atoms with Crippen molar-refractivity contribution in [2.75, 3.05) is 0 Å². The molecule has 0 N–H and O–H groups in total. The van der Waals surface area contributed by atoms with Gasteiger partial charge in [-0.15, -0.1) is 6.58 Å². The molecule has 0 aromatic heterocycles. The summed E-state index contributed by atoms with van der Waals surface area (Å²) < 4.78 is 7.03. The smallest absolute Gasteiger partial charge is 0.314 e. The first kappa shape index (κ1) is 16.2. The number of allylic oxidation sites excluding steroid dienone is 1. The van der Waals surface area contributed by atoms with E-state index in [4.69, 9.17) is 4.74 Å². The Morgan fingerprint density at radius 1 is 1.45 bits per heavy atom. The molecule has 1 spiro atoms. The van der Waals surface area contributed by atoms with E-state index in [2.05, 4.69) is 49.9 Å². The molecule has 0 aromatic carbocycles. The fraction of sp³-hybridized carbons (Fsp3) is 0.667. The largest absolute Gasteiger partial charge is 0.452 e. The van der Waals surface area contributed by atoms with Gasteiger partial charge < -0.3 is 4.74 Å². The zero-order valence-corrected chi connectivity index (χ0v) is 15.8. The SMILES string of the molecule is C=CC1(C)CC[C@H]2C(C)(C)[C@@H]3C=C(I)[C@]2(OC3=O)[C@H]1C(C)=O. The third-order valence-electron chi connectivity index (χ3n) is 6.36. The van der Waals surface area contributed by atoms with E-state index in [9.17, 15) is 9.59 Å². The summed E-state index contributed by atoms with van der Waals surface area (Å²) in [6.07, 6.45) is 5.78. The van der Waals surface area contributed by atoms with Crippen molar-refractivity contribution in [3.8, 4) is 0 Å². The van der Waals surface area contributed by atoms with Crippen LogP contribution in [-0.4, -0.2) is 17.4 Å². The molecule has 2 aliphatic carbocycles. The molecule has 120 valence electrons. The van der Waals surface area contributed by atoms with Gasteiger partial charge >= 0.3 is 5.97 Å². The van der Waals surface area contributed by atoms with Gasteiger partial charge in [0.2, 0.25) is 0 Å². The minimum absolute atomic E-state index is 0.0821. The highest BCUT2D eigenvalue weighted by molar-refractivity contribution is 14.1. The van der Waals surface area contributed by atoms with Gasteiger partial charge in [0, 0.05) is 9.50 Å². The van der Waals surface area contributed by atoms with E-state index >= 15 is 0 Å². The quantitative estimate of drug-likeness (QED) is 0.389. The molecule has 2 aliphatic heterocycles. The van der Waals surface area contributed by atoms with Crippen LogP contribution in [0.25, 0.3) is 0 Å². The van der Waals surface area contributed by atoms with Gasteiger partial charge in [0.25, 0.3) is 0 Å².